The van der Waals surface area contributed by atoms with Crippen LogP contribution in [0, 0.1) is 6.92 Å². The number of halogens is 1. The van der Waals surface area contributed by atoms with Gasteiger partial charge in [-0.05, 0) is 18.5 Å². The van der Waals surface area contributed by atoms with Gasteiger partial charge in [-0.3, -0.25) is 0 Å². The minimum Gasteiger partial charge on any atom is -0.377 e. The molecule has 0 atom stereocenters. The number of anilines is 1. The zero-order valence-corrected chi connectivity index (χ0v) is 5.74. The molecule has 0 aliphatic carbocycles. The first-order chi connectivity index (χ1) is 4.20. The number of aromatic amines is 1. The lowest BCUT2D eigenvalue weighted by Gasteiger charge is -1.88. The molecule has 9 heavy (non-hydrogen) atoms. The summed E-state index contributed by atoms with van der Waals surface area (Å²) in [7, 11) is 0. The third kappa shape index (κ3) is 1.29. The summed E-state index contributed by atoms with van der Waals surface area (Å²) in [4.78, 5) is 6.63. The van der Waals surface area contributed by atoms with E-state index in [-0.39, 0.29) is 0 Å². The largest absolute Gasteiger partial charge is 0.377 e. The standard InChI is InChI=1S/C5H6ClN3/c1-3-2-8-4(6)5(7)9-3/h2H,1H3,(H2,7,9)/p+1. The number of aryl methyl sites for hydroxylation is 1. The molecule has 1 heterocycles. The van der Waals surface area contributed by atoms with Gasteiger partial charge in [0.05, 0.1) is 0 Å². The van der Waals surface area contributed by atoms with Crippen LogP contribution in [0.25, 0.3) is 0 Å². The van der Waals surface area contributed by atoms with Gasteiger partial charge in [0.1, 0.15) is 5.69 Å². The average Bonchev–Trinajstić information content (AvgIpc) is 1.80. The maximum atomic E-state index is 5.54. The highest BCUT2D eigenvalue weighted by Crippen LogP contribution is 2.06. The van der Waals surface area contributed by atoms with Crippen LogP contribution in [0.4, 0.5) is 5.82 Å². The van der Waals surface area contributed by atoms with Crippen molar-refractivity contribution in [2.24, 2.45) is 0 Å². The molecule has 0 aliphatic rings. The Bertz CT molecular complexity index is 223. The Labute approximate surface area is 57.9 Å². The quantitative estimate of drug-likeness (QED) is 0.575. The monoisotopic (exact) mass is 144 g/mol. The van der Waals surface area contributed by atoms with Crippen molar-refractivity contribution in [1.82, 2.24) is 4.98 Å². The summed E-state index contributed by atoms with van der Waals surface area (Å²) in [5.41, 5.74) is 6.18. The minimum atomic E-state index is 0.344. The number of aromatic nitrogens is 2. The second-order valence-corrected chi connectivity index (χ2v) is 2.12. The molecule has 0 unspecified atom stereocenters. The number of rotatable bonds is 0. The van der Waals surface area contributed by atoms with Crippen LogP contribution >= 0.6 is 11.6 Å². The molecule has 4 heteroatoms. The van der Waals surface area contributed by atoms with Gasteiger partial charge in [0.2, 0.25) is 5.82 Å². The van der Waals surface area contributed by atoms with Crippen LogP contribution in [0.2, 0.25) is 5.15 Å². The molecule has 1 aromatic rings. The fourth-order valence-corrected chi connectivity index (χ4v) is 0.610. The van der Waals surface area contributed by atoms with Gasteiger partial charge in [-0.25, -0.2) is 4.98 Å². The van der Waals surface area contributed by atoms with E-state index in [4.69, 9.17) is 17.3 Å². The summed E-state index contributed by atoms with van der Waals surface area (Å²) in [6.45, 7) is 1.84. The van der Waals surface area contributed by atoms with E-state index in [1.807, 2.05) is 6.92 Å². The second kappa shape index (κ2) is 2.19. The first-order valence-electron chi connectivity index (χ1n) is 2.50. The van der Waals surface area contributed by atoms with Crippen molar-refractivity contribution in [3.8, 4) is 0 Å². The Kier molecular flexibility index (Phi) is 1.53. The van der Waals surface area contributed by atoms with Crippen molar-refractivity contribution < 1.29 is 4.98 Å². The predicted molar refractivity (Wildman–Crippen MR) is 35.0 cm³/mol. The maximum Gasteiger partial charge on any atom is 0.316 e. The number of hydrogen-bond acceptors (Lipinski definition) is 2. The molecule has 0 fully saturated rings. The number of H-pyrrole nitrogens is 1. The van der Waals surface area contributed by atoms with E-state index in [1.54, 1.807) is 6.20 Å². The molecule has 0 amide bonds. The Morgan fingerprint density at radius 3 is 2.89 bits per heavy atom. The summed E-state index contributed by atoms with van der Waals surface area (Å²) < 4.78 is 0. The smallest absolute Gasteiger partial charge is 0.316 e. The molecule has 48 valence electrons. The molecule has 3 nitrogen and oxygen atoms in total. The first-order valence-corrected chi connectivity index (χ1v) is 2.88. The average molecular weight is 145 g/mol. The first kappa shape index (κ1) is 6.29. The Balaban J connectivity index is 3.17. The minimum absolute atomic E-state index is 0.344. The fraction of sp³-hybridized carbons (Fsp3) is 0.200. The molecule has 0 saturated heterocycles. The van der Waals surface area contributed by atoms with E-state index in [1.165, 1.54) is 0 Å². The molecular formula is C5H7ClN3+. The summed E-state index contributed by atoms with van der Waals surface area (Å²) >= 11 is 5.54. The van der Waals surface area contributed by atoms with E-state index in [9.17, 15) is 0 Å². The van der Waals surface area contributed by atoms with Crippen LogP contribution in [-0.2, 0) is 0 Å². The molecule has 0 radical (unpaired) electrons. The summed E-state index contributed by atoms with van der Waals surface area (Å²) in [6, 6.07) is 0. The highest BCUT2D eigenvalue weighted by Gasteiger charge is 2.02. The van der Waals surface area contributed by atoms with Crippen molar-refractivity contribution in [3.63, 3.8) is 0 Å². The second-order valence-electron chi connectivity index (χ2n) is 1.74. The van der Waals surface area contributed by atoms with Gasteiger partial charge in [0, 0.05) is 0 Å². The third-order valence-corrected chi connectivity index (χ3v) is 1.23. The van der Waals surface area contributed by atoms with Gasteiger partial charge in [-0.1, -0.05) is 0 Å². The Morgan fingerprint density at radius 2 is 2.44 bits per heavy atom. The summed E-state index contributed by atoms with van der Waals surface area (Å²) in [5, 5.41) is 0.389. The van der Waals surface area contributed by atoms with Crippen LogP contribution in [0.1, 0.15) is 5.69 Å². The third-order valence-electron chi connectivity index (χ3n) is 0.929. The molecule has 0 saturated carbocycles. The highest BCUT2D eigenvalue weighted by atomic mass is 35.5. The summed E-state index contributed by atoms with van der Waals surface area (Å²) in [6.07, 6.45) is 1.69. The zero-order valence-electron chi connectivity index (χ0n) is 4.98. The molecule has 3 N–H and O–H groups in total. The SMILES string of the molecule is Cc1c[nH+]c(Cl)c(N)n1. The van der Waals surface area contributed by atoms with E-state index >= 15 is 0 Å². The van der Waals surface area contributed by atoms with Gasteiger partial charge >= 0.3 is 5.15 Å². The molecule has 0 bridgehead atoms. The van der Waals surface area contributed by atoms with Crippen molar-refractivity contribution in [1.29, 1.82) is 0 Å². The van der Waals surface area contributed by atoms with E-state index in [0.717, 1.165) is 5.69 Å². The fourth-order valence-electron chi connectivity index (χ4n) is 0.513. The van der Waals surface area contributed by atoms with Crippen LogP contribution in [0.5, 0.6) is 0 Å². The van der Waals surface area contributed by atoms with Crippen molar-refractivity contribution in [3.05, 3.63) is 17.0 Å². The molecule has 0 spiro atoms. The lowest BCUT2D eigenvalue weighted by atomic mass is 10.5. The number of nitrogen functional groups attached to an aromatic ring is 1. The maximum absolute atomic E-state index is 5.54. The van der Waals surface area contributed by atoms with Gasteiger partial charge in [0.25, 0.3) is 0 Å². The number of nitrogens with two attached hydrogens (primary N) is 1. The molecule has 1 rings (SSSR count). The summed E-state index contributed by atoms with van der Waals surface area (Å²) in [5.74, 6) is 0.344. The molecular weight excluding hydrogens is 138 g/mol. The van der Waals surface area contributed by atoms with Crippen molar-refractivity contribution in [2.75, 3.05) is 5.73 Å². The number of hydrogen-bond donors (Lipinski definition) is 1. The van der Waals surface area contributed by atoms with Crippen LogP contribution in [-0.4, -0.2) is 4.98 Å². The van der Waals surface area contributed by atoms with Crippen molar-refractivity contribution in [2.45, 2.75) is 6.92 Å². The van der Waals surface area contributed by atoms with Gasteiger partial charge in [-0.2, -0.15) is 4.98 Å². The van der Waals surface area contributed by atoms with Gasteiger partial charge < -0.3 is 5.73 Å². The van der Waals surface area contributed by atoms with E-state index in [2.05, 4.69) is 9.97 Å². The van der Waals surface area contributed by atoms with Gasteiger partial charge in [0.15, 0.2) is 6.20 Å². The molecule has 1 aromatic heterocycles. The van der Waals surface area contributed by atoms with Crippen molar-refractivity contribution >= 4 is 17.4 Å². The number of nitrogens with one attached hydrogen (secondary N) is 1. The zero-order chi connectivity index (χ0) is 6.85. The van der Waals surface area contributed by atoms with Crippen LogP contribution in [0.15, 0.2) is 6.20 Å². The van der Waals surface area contributed by atoms with Crippen LogP contribution in [0.3, 0.4) is 0 Å². The molecule has 0 aliphatic heterocycles. The Hall–Kier alpha value is -0.830. The Morgan fingerprint density at radius 1 is 1.78 bits per heavy atom. The van der Waals surface area contributed by atoms with Gasteiger partial charge in [-0.15, -0.1) is 0 Å². The predicted octanol–water partition coefficient (Wildman–Crippen LogP) is 0.440. The van der Waals surface area contributed by atoms with E-state index in [0.29, 0.717) is 11.0 Å². The van der Waals surface area contributed by atoms with E-state index < -0.39 is 0 Å². The molecule has 0 aromatic carbocycles. The van der Waals surface area contributed by atoms with Crippen LogP contribution < -0.4 is 10.7 Å². The lowest BCUT2D eigenvalue weighted by molar-refractivity contribution is -0.375. The normalized spacial score (nSPS) is 9.56. The number of nitrogens with zero attached hydrogens (tertiary/aromatic N) is 1. The lowest BCUT2D eigenvalue weighted by Crippen LogP contribution is -2.09. The highest BCUT2D eigenvalue weighted by molar-refractivity contribution is 6.30. The topological polar surface area (TPSA) is 53.0 Å².